The zero-order valence-electron chi connectivity index (χ0n) is 17.9. The van der Waals surface area contributed by atoms with E-state index >= 15 is 0 Å². The van der Waals surface area contributed by atoms with Crippen LogP contribution in [0.4, 0.5) is 10.1 Å². The number of aliphatic hydroxyl groups excluding tert-OH is 1. The van der Waals surface area contributed by atoms with Crippen LogP contribution in [0.15, 0.2) is 72.3 Å². The van der Waals surface area contributed by atoms with Crippen molar-refractivity contribution >= 4 is 23.1 Å². The maximum Gasteiger partial charge on any atom is 0.300 e. The molecule has 0 bridgehead atoms. The molecule has 4 rings (SSSR count). The topological polar surface area (TPSA) is 66.8 Å². The average Bonchev–Trinajstić information content (AvgIpc) is 3.06. The van der Waals surface area contributed by atoms with E-state index in [4.69, 9.17) is 4.74 Å². The third kappa shape index (κ3) is 3.64. The Morgan fingerprint density at radius 1 is 0.969 bits per heavy atom. The first-order valence-electron chi connectivity index (χ1n) is 10.1. The molecule has 0 saturated carbocycles. The molecule has 162 valence electrons. The maximum atomic E-state index is 13.6. The van der Waals surface area contributed by atoms with Crippen LogP contribution < -0.4 is 9.64 Å². The van der Waals surface area contributed by atoms with Crippen molar-refractivity contribution < 1.29 is 23.8 Å². The number of aryl methyl sites for hydroxylation is 2. The Kier molecular flexibility index (Phi) is 5.53. The molecule has 0 aromatic heterocycles. The van der Waals surface area contributed by atoms with Crippen LogP contribution in [-0.4, -0.2) is 23.9 Å². The van der Waals surface area contributed by atoms with Gasteiger partial charge in [-0.25, -0.2) is 4.39 Å². The second-order valence-electron chi connectivity index (χ2n) is 7.74. The van der Waals surface area contributed by atoms with E-state index < -0.39 is 23.5 Å². The van der Waals surface area contributed by atoms with Gasteiger partial charge in [0, 0.05) is 11.3 Å². The smallest absolute Gasteiger partial charge is 0.300 e. The van der Waals surface area contributed by atoms with E-state index in [0.717, 1.165) is 11.1 Å². The lowest BCUT2D eigenvalue weighted by Crippen LogP contribution is -2.29. The number of benzene rings is 3. The standard InChI is InChI=1S/C26H22FNO4/c1-15-4-5-16(2)21(14-15)24(29)22-23(17-6-8-18(27)9-7-17)28(26(31)25(22)30)19-10-12-20(32-3)13-11-19/h4-14,23,29H,1-3H3/b24-22+. The van der Waals surface area contributed by atoms with Crippen molar-refractivity contribution in [3.8, 4) is 5.75 Å². The van der Waals surface area contributed by atoms with E-state index in [1.54, 1.807) is 30.3 Å². The number of anilines is 1. The minimum atomic E-state index is -0.913. The Labute approximate surface area is 185 Å². The van der Waals surface area contributed by atoms with Crippen molar-refractivity contribution in [1.29, 1.82) is 0 Å². The Hall–Kier alpha value is -3.93. The van der Waals surface area contributed by atoms with Crippen molar-refractivity contribution in [2.24, 2.45) is 0 Å². The molecule has 1 N–H and O–H groups in total. The zero-order chi connectivity index (χ0) is 23.0. The third-order valence-electron chi connectivity index (χ3n) is 5.63. The maximum absolute atomic E-state index is 13.6. The molecular formula is C26H22FNO4. The van der Waals surface area contributed by atoms with E-state index in [1.807, 2.05) is 26.0 Å². The molecule has 1 fully saturated rings. The summed E-state index contributed by atoms with van der Waals surface area (Å²) in [5.74, 6) is -1.66. The molecular weight excluding hydrogens is 409 g/mol. The normalized spacial score (nSPS) is 17.6. The predicted octanol–water partition coefficient (Wildman–Crippen LogP) is 5.08. The van der Waals surface area contributed by atoms with Gasteiger partial charge < -0.3 is 9.84 Å². The summed E-state index contributed by atoms with van der Waals surface area (Å²) in [5.41, 5.74) is 3.08. The Morgan fingerprint density at radius 3 is 2.25 bits per heavy atom. The fraction of sp³-hybridized carbons (Fsp3) is 0.154. The van der Waals surface area contributed by atoms with Gasteiger partial charge in [-0.05, 0) is 67.4 Å². The lowest BCUT2D eigenvalue weighted by Gasteiger charge is -2.25. The molecule has 1 aliphatic heterocycles. The number of nitrogens with zero attached hydrogens (tertiary/aromatic N) is 1. The summed E-state index contributed by atoms with van der Waals surface area (Å²) in [6.45, 7) is 3.70. The van der Waals surface area contributed by atoms with Crippen LogP contribution in [0, 0.1) is 19.7 Å². The number of hydrogen-bond acceptors (Lipinski definition) is 4. The Balaban J connectivity index is 1.95. The molecule has 0 radical (unpaired) electrons. The summed E-state index contributed by atoms with van der Waals surface area (Å²) in [4.78, 5) is 27.6. The molecule has 1 saturated heterocycles. The van der Waals surface area contributed by atoms with Crippen LogP contribution >= 0.6 is 0 Å². The van der Waals surface area contributed by atoms with Gasteiger partial charge in [-0.1, -0.05) is 29.8 Å². The lowest BCUT2D eigenvalue weighted by molar-refractivity contribution is -0.132. The summed E-state index contributed by atoms with van der Waals surface area (Å²) >= 11 is 0. The van der Waals surface area contributed by atoms with Gasteiger partial charge in [0.1, 0.15) is 17.3 Å². The van der Waals surface area contributed by atoms with E-state index in [9.17, 15) is 19.1 Å². The molecule has 1 aliphatic rings. The third-order valence-corrected chi connectivity index (χ3v) is 5.63. The number of ketones is 1. The summed E-state index contributed by atoms with van der Waals surface area (Å²) in [7, 11) is 1.53. The molecule has 1 atom stereocenters. The van der Waals surface area contributed by atoms with Gasteiger partial charge in [-0.3, -0.25) is 14.5 Å². The zero-order valence-corrected chi connectivity index (χ0v) is 17.9. The monoisotopic (exact) mass is 431 g/mol. The number of aliphatic hydroxyl groups is 1. The molecule has 1 amide bonds. The van der Waals surface area contributed by atoms with Gasteiger partial charge in [0.05, 0.1) is 18.7 Å². The van der Waals surface area contributed by atoms with Crippen LogP contribution in [0.3, 0.4) is 0 Å². The summed E-state index contributed by atoms with van der Waals surface area (Å²) < 4.78 is 18.8. The molecule has 1 heterocycles. The highest BCUT2D eigenvalue weighted by Crippen LogP contribution is 2.42. The first-order valence-corrected chi connectivity index (χ1v) is 10.1. The van der Waals surface area contributed by atoms with Crippen molar-refractivity contribution in [3.05, 3.63) is 100 Å². The van der Waals surface area contributed by atoms with Crippen LogP contribution in [0.2, 0.25) is 0 Å². The summed E-state index contributed by atoms with van der Waals surface area (Å²) in [6, 6.07) is 16.9. The molecule has 5 nitrogen and oxygen atoms in total. The Morgan fingerprint density at radius 2 is 1.62 bits per heavy atom. The molecule has 0 spiro atoms. The number of amides is 1. The second kappa shape index (κ2) is 8.30. The molecule has 32 heavy (non-hydrogen) atoms. The number of Topliss-reactive ketones (excluding diaryl/α,β-unsaturated/α-hetero) is 1. The van der Waals surface area contributed by atoms with E-state index in [0.29, 0.717) is 22.6 Å². The van der Waals surface area contributed by atoms with E-state index in [2.05, 4.69) is 0 Å². The Bertz CT molecular complexity index is 1230. The van der Waals surface area contributed by atoms with Crippen LogP contribution in [0.25, 0.3) is 5.76 Å². The SMILES string of the molecule is COc1ccc(N2C(=O)C(=O)/C(=C(/O)c3cc(C)ccc3C)C2c2ccc(F)cc2)cc1. The summed E-state index contributed by atoms with van der Waals surface area (Å²) in [6.07, 6.45) is 0. The number of ether oxygens (including phenoxy) is 1. The predicted molar refractivity (Wildman–Crippen MR) is 120 cm³/mol. The van der Waals surface area contributed by atoms with Crippen molar-refractivity contribution in [1.82, 2.24) is 0 Å². The van der Waals surface area contributed by atoms with Gasteiger partial charge in [0.25, 0.3) is 11.7 Å². The fourth-order valence-corrected chi connectivity index (χ4v) is 3.94. The van der Waals surface area contributed by atoms with E-state index in [1.165, 1.54) is 36.3 Å². The highest BCUT2D eigenvalue weighted by molar-refractivity contribution is 6.51. The minimum absolute atomic E-state index is 0.0360. The van der Waals surface area contributed by atoms with Crippen molar-refractivity contribution in [2.75, 3.05) is 12.0 Å². The molecule has 3 aromatic carbocycles. The van der Waals surface area contributed by atoms with Crippen molar-refractivity contribution in [2.45, 2.75) is 19.9 Å². The number of carbonyl (C=O) groups excluding carboxylic acids is 2. The van der Waals surface area contributed by atoms with Crippen molar-refractivity contribution in [3.63, 3.8) is 0 Å². The number of halogens is 1. The van der Waals surface area contributed by atoms with Gasteiger partial charge >= 0.3 is 0 Å². The van der Waals surface area contributed by atoms with Crippen LogP contribution in [0.5, 0.6) is 5.75 Å². The van der Waals surface area contributed by atoms with Gasteiger partial charge in [0.2, 0.25) is 0 Å². The molecule has 3 aromatic rings. The number of rotatable bonds is 4. The first-order chi connectivity index (χ1) is 15.3. The van der Waals surface area contributed by atoms with Crippen LogP contribution in [0.1, 0.15) is 28.3 Å². The molecule has 1 unspecified atom stereocenters. The highest BCUT2D eigenvalue weighted by Gasteiger charge is 2.47. The summed E-state index contributed by atoms with van der Waals surface area (Å²) in [5, 5.41) is 11.2. The lowest BCUT2D eigenvalue weighted by atomic mass is 9.93. The fourth-order valence-electron chi connectivity index (χ4n) is 3.94. The van der Waals surface area contributed by atoms with Gasteiger partial charge in [-0.2, -0.15) is 0 Å². The number of hydrogen-bond donors (Lipinski definition) is 1. The number of carbonyl (C=O) groups is 2. The average molecular weight is 431 g/mol. The largest absolute Gasteiger partial charge is 0.507 e. The second-order valence-corrected chi connectivity index (χ2v) is 7.74. The molecule has 0 aliphatic carbocycles. The highest BCUT2D eigenvalue weighted by atomic mass is 19.1. The number of methoxy groups -OCH3 is 1. The molecule has 6 heteroatoms. The minimum Gasteiger partial charge on any atom is -0.507 e. The quantitative estimate of drug-likeness (QED) is 0.356. The van der Waals surface area contributed by atoms with Gasteiger partial charge in [0.15, 0.2) is 0 Å². The van der Waals surface area contributed by atoms with Gasteiger partial charge in [-0.15, -0.1) is 0 Å². The van der Waals surface area contributed by atoms with Crippen LogP contribution in [-0.2, 0) is 9.59 Å². The van der Waals surface area contributed by atoms with E-state index in [-0.39, 0.29) is 11.3 Å². The first kappa shape index (κ1) is 21.3.